The Morgan fingerprint density at radius 3 is 2.37 bits per heavy atom. The molecule has 0 spiro atoms. The Balaban J connectivity index is 1.45. The van der Waals surface area contributed by atoms with E-state index in [4.69, 9.17) is 9.84 Å². The Bertz CT molecular complexity index is 1110. The molecule has 1 aliphatic rings. The number of amides is 2. The van der Waals surface area contributed by atoms with E-state index in [1.165, 1.54) is 0 Å². The molecule has 0 unspecified atom stereocenters. The van der Waals surface area contributed by atoms with Gasteiger partial charge in [0.15, 0.2) is 0 Å². The first kappa shape index (κ1) is 24.7. The van der Waals surface area contributed by atoms with E-state index in [2.05, 4.69) is 5.32 Å². The van der Waals surface area contributed by atoms with Crippen molar-refractivity contribution in [3.8, 4) is 16.9 Å². The summed E-state index contributed by atoms with van der Waals surface area (Å²) in [6, 6.07) is 19.7. The smallest absolute Gasteiger partial charge is 0.257 e. The Kier molecular flexibility index (Phi) is 8.32. The molecule has 0 radical (unpaired) electrons. The molecule has 2 heterocycles. The highest BCUT2D eigenvalue weighted by Crippen LogP contribution is 2.29. The van der Waals surface area contributed by atoms with Crippen LogP contribution in [0, 0.1) is 11.8 Å². The van der Waals surface area contributed by atoms with Gasteiger partial charge in [-0.1, -0.05) is 55.5 Å². The predicted molar refractivity (Wildman–Crippen MR) is 136 cm³/mol. The second-order valence-corrected chi connectivity index (χ2v) is 9.09. The van der Waals surface area contributed by atoms with Crippen LogP contribution in [0.25, 0.3) is 16.9 Å². The number of benzene rings is 2. The fraction of sp³-hybridized carbons (Fsp3) is 0.393. The second-order valence-electron chi connectivity index (χ2n) is 9.09. The van der Waals surface area contributed by atoms with Crippen molar-refractivity contribution in [3.05, 3.63) is 72.4 Å². The van der Waals surface area contributed by atoms with Gasteiger partial charge in [0.1, 0.15) is 5.69 Å². The van der Waals surface area contributed by atoms with Crippen LogP contribution < -0.4 is 5.32 Å². The van der Waals surface area contributed by atoms with E-state index in [1.54, 1.807) is 11.8 Å². The maximum Gasteiger partial charge on any atom is 0.257 e. The maximum absolute atomic E-state index is 13.6. The first-order chi connectivity index (χ1) is 17.1. The summed E-state index contributed by atoms with van der Waals surface area (Å²) >= 11 is 0. The lowest BCUT2D eigenvalue weighted by atomic mass is 9.84. The van der Waals surface area contributed by atoms with Crippen molar-refractivity contribution in [1.82, 2.24) is 20.0 Å². The van der Waals surface area contributed by atoms with Crippen LogP contribution >= 0.6 is 0 Å². The maximum atomic E-state index is 13.6. The summed E-state index contributed by atoms with van der Waals surface area (Å²) in [7, 11) is 1.66. The molecule has 184 valence electrons. The minimum absolute atomic E-state index is 0.0128. The first-order valence-electron chi connectivity index (χ1n) is 12.3. The molecule has 1 atom stereocenters. The number of nitrogens with zero attached hydrogens (tertiary/aromatic N) is 3. The summed E-state index contributed by atoms with van der Waals surface area (Å²) in [5, 5.41) is 7.79. The Labute approximate surface area is 207 Å². The van der Waals surface area contributed by atoms with Gasteiger partial charge in [0.05, 0.1) is 11.3 Å². The first-order valence-corrected chi connectivity index (χ1v) is 12.3. The average Bonchev–Trinajstić information content (AvgIpc) is 3.37. The van der Waals surface area contributed by atoms with E-state index >= 15 is 0 Å². The summed E-state index contributed by atoms with van der Waals surface area (Å²) in [6.07, 6.45) is 4.27. The number of hydrogen-bond acceptors (Lipinski definition) is 4. The number of methoxy groups -OCH3 is 1. The molecule has 0 saturated carbocycles. The van der Waals surface area contributed by atoms with Crippen LogP contribution in [0.2, 0.25) is 0 Å². The van der Waals surface area contributed by atoms with Crippen LogP contribution in [0.1, 0.15) is 36.5 Å². The third kappa shape index (κ3) is 5.98. The third-order valence-corrected chi connectivity index (χ3v) is 6.78. The molecule has 3 aromatic rings. The van der Waals surface area contributed by atoms with E-state index < -0.39 is 0 Å². The topological polar surface area (TPSA) is 76.5 Å². The molecule has 2 amide bonds. The van der Waals surface area contributed by atoms with Gasteiger partial charge in [0.2, 0.25) is 5.91 Å². The van der Waals surface area contributed by atoms with Crippen molar-refractivity contribution >= 4 is 11.8 Å². The lowest BCUT2D eigenvalue weighted by molar-refractivity contribution is -0.126. The monoisotopic (exact) mass is 474 g/mol. The zero-order valence-corrected chi connectivity index (χ0v) is 20.5. The summed E-state index contributed by atoms with van der Waals surface area (Å²) in [5.41, 5.74) is 3.11. The van der Waals surface area contributed by atoms with Gasteiger partial charge in [-0.05, 0) is 37.3 Å². The predicted octanol–water partition coefficient (Wildman–Crippen LogP) is 4.18. The lowest BCUT2D eigenvalue weighted by Crippen LogP contribution is -2.43. The number of rotatable bonds is 9. The molecule has 7 heteroatoms. The molecular formula is C28H34N4O3. The van der Waals surface area contributed by atoms with Crippen molar-refractivity contribution in [2.45, 2.75) is 26.2 Å². The molecule has 7 nitrogen and oxygen atoms in total. The SMILES string of the molecule is COCCCNC(=O)[C@H](C)C1CCN(C(=O)c2cn(-c3ccccc3)nc2-c2ccccc2)CC1. The highest BCUT2D eigenvalue weighted by molar-refractivity contribution is 6.00. The average molecular weight is 475 g/mol. The van der Waals surface area contributed by atoms with Gasteiger partial charge in [-0.2, -0.15) is 5.10 Å². The van der Waals surface area contributed by atoms with Crippen LogP contribution in [0.4, 0.5) is 0 Å². The van der Waals surface area contributed by atoms with Crippen molar-refractivity contribution in [3.63, 3.8) is 0 Å². The number of carbonyl (C=O) groups is 2. The van der Waals surface area contributed by atoms with Crippen molar-refractivity contribution in [2.75, 3.05) is 33.4 Å². The Hall–Kier alpha value is -3.45. The van der Waals surface area contributed by atoms with E-state index in [9.17, 15) is 9.59 Å². The molecule has 1 fully saturated rings. The number of piperidine rings is 1. The minimum atomic E-state index is -0.0736. The van der Waals surface area contributed by atoms with Crippen LogP contribution in [0.5, 0.6) is 0 Å². The van der Waals surface area contributed by atoms with Gasteiger partial charge in [0, 0.05) is 51.0 Å². The zero-order chi connectivity index (χ0) is 24.6. The van der Waals surface area contributed by atoms with Gasteiger partial charge < -0.3 is 15.0 Å². The summed E-state index contributed by atoms with van der Waals surface area (Å²) in [6.45, 7) is 4.53. The highest BCUT2D eigenvalue weighted by Gasteiger charge is 2.31. The molecule has 1 aromatic heterocycles. The molecule has 1 saturated heterocycles. The van der Waals surface area contributed by atoms with Crippen LogP contribution in [0.15, 0.2) is 66.9 Å². The van der Waals surface area contributed by atoms with Gasteiger partial charge >= 0.3 is 0 Å². The van der Waals surface area contributed by atoms with Crippen molar-refractivity contribution in [1.29, 1.82) is 0 Å². The zero-order valence-electron chi connectivity index (χ0n) is 20.5. The molecule has 1 N–H and O–H groups in total. The number of aromatic nitrogens is 2. The van der Waals surface area contributed by atoms with Crippen LogP contribution in [-0.2, 0) is 9.53 Å². The van der Waals surface area contributed by atoms with Gasteiger partial charge in [-0.3, -0.25) is 9.59 Å². The highest BCUT2D eigenvalue weighted by atomic mass is 16.5. The fourth-order valence-electron chi connectivity index (χ4n) is 4.63. The van der Waals surface area contributed by atoms with Gasteiger partial charge in [-0.15, -0.1) is 0 Å². The fourth-order valence-corrected chi connectivity index (χ4v) is 4.63. The quantitative estimate of drug-likeness (QED) is 0.472. The molecule has 2 aromatic carbocycles. The molecule has 35 heavy (non-hydrogen) atoms. The Morgan fingerprint density at radius 1 is 1.06 bits per heavy atom. The molecule has 0 bridgehead atoms. The number of nitrogens with one attached hydrogen (secondary N) is 1. The second kappa shape index (κ2) is 11.8. The Morgan fingerprint density at radius 2 is 1.71 bits per heavy atom. The number of likely N-dealkylation sites (tertiary alicyclic amines) is 1. The van der Waals surface area contributed by atoms with Gasteiger partial charge in [-0.25, -0.2) is 4.68 Å². The molecule has 0 aliphatic carbocycles. The summed E-state index contributed by atoms with van der Waals surface area (Å²) in [5.74, 6) is 0.264. The molecule has 4 rings (SSSR count). The number of para-hydroxylation sites is 1. The number of ether oxygens (including phenoxy) is 1. The lowest BCUT2D eigenvalue weighted by Gasteiger charge is -2.34. The largest absolute Gasteiger partial charge is 0.385 e. The van der Waals surface area contributed by atoms with E-state index in [0.717, 1.165) is 30.5 Å². The summed E-state index contributed by atoms with van der Waals surface area (Å²) < 4.78 is 6.82. The minimum Gasteiger partial charge on any atom is -0.385 e. The standard InChI is InChI=1S/C28H34N4O3/c1-21(27(33)29-16-9-19-35-2)22-14-17-31(18-15-22)28(34)25-20-32(24-12-7-4-8-13-24)30-26(25)23-10-5-3-6-11-23/h3-8,10-13,20-22H,9,14-19H2,1-2H3,(H,29,33)/t21-/m1/s1. The van der Waals surface area contributed by atoms with E-state index in [0.29, 0.717) is 37.5 Å². The molecule has 1 aliphatic heterocycles. The van der Waals surface area contributed by atoms with Crippen LogP contribution in [0.3, 0.4) is 0 Å². The third-order valence-electron chi connectivity index (χ3n) is 6.78. The van der Waals surface area contributed by atoms with Gasteiger partial charge in [0.25, 0.3) is 5.91 Å². The van der Waals surface area contributed by atoms with E-state index in [1.807, 2.05) is 78.7 Å². The van der Waals surface area contributed by atoms with Crippen molar-refractivity contribution in [2.24, 2.45) is 11.8 Å². The number of hydrogen-bond donors (Lipinski definition) is 1. The molecular weight excluding hydrogens is 440 g/mol. The van der Waals surface area contributed by atoms with Crippen molar-refractivity contribution < 1.29 is 14.3 Å². The van der Waals surface area contributed by atoms with Crippen LogP contribution in [-0.4, -0.2) is 59.8 Å². The van der Waals surface area contributed by atoms with E-state index in [-0.39, 0.29) is 23.7 Å². The normalized spacial score (nSPS) is 15.1. The summed E-state index contributed by atoms with van der Waals surface area (Å²) in [4.78, 5) is 28.1. The number of carbonyl (C=O) groups excluding carboxylic acids is 2.